The van der Waals surface area contributed by atoms with E-state index < -0.39 is 0 Å². The lowest BCUT2D eigenvalue weighted by molar-refractivity contribution is 0.274. The molecule has 2 rings (SSSR count). The normalized spacial score (nSPS) is 9.87. The number of benzene rings is 1. The van der Waals surface area contributed by atoms with Crippen LogP contribution in [0.1, 0.15) is 11.3 Å². The maximum atomic E-state index is 9.13. The topological polar surface area (TPSA) is 49.0 Å². The smallest absolute Gasteiger partial charge is 0.101 e. The molecule has 0 bridgehead atoms. The summed E-state index contributed by atoms with van der Waals surface area (Å²) in [5.41, 5.74) is 2.18. The van der Waals surface area contributed by atoms with Crippen molar-refractivity contribution >= 4 is 0 Å². The lowest BCUT2D eigenvalue weighted by Gasteiger charge is -2.08. The van der Waals surface area contributed by atoms with Crippen molar-refractivity contribution < 1.29 is 5.11 Å². The number of hydrogen-bond acceptors (Lipinski definition) is 2. The van der Waals surface area contributed by atoms with E-state index in [0.717, 1.165) is 11.4 Å². The lowest BCUT2D eigenvalue weighted by Crippen LogP contribution is -2.00. The number of aliphatic hydroxyl groups is 1. The number of hydrogen-bond donors (Lipinski definition) is 1. The van der Waals surface area contributed by atoms with E-state index in [1.165, 1.54) is 0 Å². The van der Waals surface area contributed by atoms with E-state index in [-0.39, 0.29) is 6.61 Å². The molecule has 0 aliphatic rings. The van der Waals surface area contributed by atoms with Gasteiger partial charge in [0.05, 0.1) is 17.9 Å². The molecule has 2 aromatic rings. The fourth-order valence-corrected chi connectivity index (χ4v) is 1.56. The van der Waals surface area contributed by atoms with Crippen molar-refractivity contribution in [1.82, 2.24) is 4.57 Å². The van der Waals surface area contributed by atoms with Crippen LogP contribution in [0.3, 0.4) is 0 Å². The Balaban J connectivity index is 2.59. The van der Waals surface area contributed by atoms with Crippen LogP contribution in [-0.4, -0.2) is 9.67 Å². The van der Waals surface area contributed by atoms with Crippen LogP contribution < -0.4 is 0 Å². The summed E-state index contributed by atoms with van der Waals surface area (Å²) in [7, 11) is 0. The van der Waals surface area contributed by atoms with Crippen molar-refractivity contribution in [2.45, 2.75) is 6.61 Å². The number of aliphatic hydroxyl groups excluding tert-OH is 1. The molecule has 0 atom stereocenters. The molecule has 0 saturated heterocycles. The molecule has 0 fully saturated rings. The highest BCUT2D eigenvalue weighted by atomic mass is 16.3. The Kier molecular flexibility index (Phi) is 2.53. The van der Waals surface area contributed by atoms with E-state index in [1.807, 2.05) is 41.1 Å². The fourth-order valence-electron chi connectivity index (χ4n) is 1.56. The molecule has 1 aromatic heterocycles. The first-order valence-electron chi connectivity index (χ1n) is 4.63. The second-order valence-electron chi connectivity index (χ2n) is 3.16. The van der Waals surface area contributed by atoms with Gasteiger partial charge in [-0.05, 0) is 24.3 Å². The van der Waals surface area contributed by atoms with Crippen LogP contribution in [0.5, 0.6) is 0 Å². The van der Waals surface area contributed by atoms with Gasteiger partial charge < -0.3 is 9.67 Å². The van der Waals surface area contributed by atoms with E-state index in [0.29, 0.717) is 5.56 Å². The predicted octanol–water partition coefficient (Wildman–Crippen LogP) is 1.84. The lowest BCUT2D eigenvalue weighted by atomic mass is 10.2. The first-order valence-corrected chi connectivity index (χ1v) is 4.63. The zero-order valence-corrected chi connectivity index (χ0v) is 8.09. The van der Waals surface area contributed by atoms with Gasteiger partial charge in [0.2, 0.25) is 0 Å². The Morgan fingerprint density at radius 1 is 1.20 bits per heavy atom. The van der Waals surface area contributed by atoms with Crippen LogP contribution >= 0.6 is 0 Å². The number of aromatic nitrogens is 1. The SMILES string of the molecule is N#Cc1ccccc1-n1cccc1CO. The third-order valence-electron chi connectivity index (χ3n) is 2.28. The molecule has 3 heteroatoms. The second-order valence-corrected chi connectivity index (χ2v) is 3.16. The van der Waals surface area contributed by atoms with Crippen molar-refractivity contribution in [1.29, 1.82) is 5.26 Å². The first-order chi connectivity index (χ1) is 7.36. The van der Waals surface area contributed by atoms with Crippen LogP contribution in [0, 0.1) is 11.3 Å². The van der Waals surface area contributed by atoms with Gasteiger partial charge in [0.15, 0.2) is 0 Å². The summed E-state index contributed by atoms with van der Waals surface area (Å²) >= 11 is 0. The molecule has 0 saturated carbocycles. The van der Waals surface area contributed by atoms with Gasteiger partial charge >= 0.3 is 0 Å². The molecule has 1 N–H and O–H groups in total. The molecule has 1 aromatic carbocycles. The minimum Gasteiger partial charge on any atom is -0.390 e. The molecular weight excluding hydrogens is 188 g/mol. The average molecular weight is 198 g/mol. The summed E-state index contributed by atoms with van der Waals surface area (Å²) in [5.74, 6) is 0. The molecule has 1 heterocycles. The standard InChI is InChI=1S/C12H10N2O/c13-8-10-4-1-2-6-12(10)14-7-3-5-11(14)9-15/h1-7,15H,9H2. The second kappa shape index (κ2) is 3.99. The molecule has 0 aliphatic carbocycles. The van der Waals surface area contributed by atoms with Gasteiger partial charge in [-0.2, -0.15) is 5.26 Å². The van der Waals surface area contributed by atoms with E-state index in [2.05, 4.69) is 6.07 Å². The van der Waals surface area contributed by atoms with Gasteiger partial charge in [0.1, 0.15) is 6.07 Å². The largest absolute Gasteiger partial charge is 0.390 e. The highest BCUT2D eigenvalue weighted by Crippen LogP contribution is 2.16. The minimum atomic E-state index is -0.0350. The molecule has 0 radical (unpaired) electrons. The molecule has 0 aliphatic heterocycles. The van der Waals surface area contributed by atoms with Gasteiger partial charge in [0, 0.05) is 11.9 Å². The van der Waals surface area contributed by atoms with Crippen LogP contribution in [0.4, 0.5) is 0 Å². The highest BCUT2D eigenvalue weighted by molar-refractivity contribution is 5.49. The Bertz CT molecular complexity index is 508. The molecule has 74 valence electrons. The molecule has 0 spiro atoms. The van der Waals surface area contributed by atoms with Crippen molar-refractivity contribution in [2.75, 3.05) is 0 Å². The van der Waals surface area contributed by atoms with Crippen LogP contribution in [0.2, 0.25) is 0 Å². The maximum Gasteiger partial charge on any atom is 0.101 e. The first kappa shape index (κ1) is 9.50. The van der Waals surface area contributed by atoms with E-state index in [9.17, 15) is 0 Å². The quantitative estimate of drug-likeness (QED) is 0.800. The van der Waals surface area contributed by atoms with Gasteiger partial charge in [-0.25, -0.2) is 0 Å². The Morgan fingerprint density at radius 3 is 2.73 bits per heavy atom. The van der Waals surface area contributed by atoms with Gasteiger partial charge in [-0.15, -0.1) is 0 Å². The summed E-state index contributed by atoms with van der Waals surface area (Å²) in [4.78, 5) is 0. The summed E-state index contributed by atoms with van der Waals surface area (Å²) < 4.78 is 1.82. The summed E-state index contributed by atoms with van der Waals surface area (Å²) in [6, 6.07) is 13.1. The third-order valence-corrected chi connectivity index (χ3v) is 2.28. The predicted molar refractivity (Wildman–Crippen MR) is 56.4 cm³/mol. The molecule has 0 unspecified atom stereocenters. The summed E-state index contributed by atoms with van der Waals surface area (Å²) in [6.45, 7) is -0.0350. The number of nitriles is 1. The summed E-state index contributed by atoms with van der Waals surface area (Å²) in [5, 5.41) is 18.1. The van der Waals surface area contributed by atoms with Crippen molar-refractivity contribution in [3.05, 3.63) is 53.9 Å². The Labute approximate surface area is 87.8 Å². The average Bonchev–Trinajstić information content (AvgIpc) is 2.76. The third kappa shape index (κ3) is 1.63. The van der Waals surface area contributed by atoms with Gasteiger partial charge in [0.25, 0.3) is 0 Å². The summed E-state index contributed by atoms with van der Waals surface area (Å²) in [6.07, 6.45) is 1.84. The van der Waals surface area contributed by atoms with Crippen LogP contribution in [0.25, 0.3) is 5.69 Å². The molecule has 15 heavy (non-hydrogen) atoms. The van der Waals surface area contributed by atoms with E-state index >= 15 is 0 Å². The van der Waals surface area contributed by atoms with Crippen molar-refractivity contribution in [3.63, 3.8) is 0 Å². The number of rotatable bonds is 2. The Hall–Kier alpha value is -2.05. The zero-order valence-electron chi connectivity index (χ0n) is 8.09. The van der Waals surface area contributed by atoms with E-state index in [1.54, 1.807) is 6.07 Å². The van der Waals surface area contributed by atoms with Crippen molar-refractivity contribution in [2.24, 2.45) is 0 Å². The zero-order chi connectivity index (χ0) is 10.7. The van der Waals surface area contributed by atoms with E-state index in [4.69, 9.17) is 10.4 Å². The van der Waals surface area contributed by atoms with Gasteiger partial charge in [-0.1, -0.05) is 12.1 Å². The number of nitrogens with zero attached hydrogens (tertiary/aromatic N) is 2. The Morgan fingerprint density at radius 2 is 2.00 bits per heavy atom. The number of para-hydroxylation sites is 1. The monoisotopic (exact) mass is 198 g/mol. The van der Waals surface area contributed by atoms with Crippen LogP contribution in [0.15, 0.2) is 42.6 Å². The van der Waals surface area contributed by atoms with Crippen LogP contribution in [-0.2, 0) is 6.61 Å². The maximum absolute atomic E-state index is 9.13. The minimum absolute atomic E-state index is 0.0350. The molecule has 0 amide bonds. The van der Waals surface area contributed by atoms with Gasteiger partial charge in [-0.3, -0.25) is 0 Å². The van der Waals surface area contributed by atoms with Crippen molar-refractivity contribution in [3.8, 4) is 11.8 Å². The fraction of sp³-hybridized carbons (Fsp3) is 0.0833. The molecule has 3 nitrogen and oxygen atoms in total. The highest BCUT2D eigenvalue weighted by Gasteiger charge is 2.05. The molecular formula is C12H10N2O.